The van der Waals surface area contributed by atoms with Gasteiger partial charge in [0.2, 0.25) is 6.79 Å². The third kappa shape index (κ3) is 4.35. The van der Waals surface area contributed by atoms with Crippen molar-refractivity contribution in [1.29, 1.82) is 0 Å². The Morgan fingerprint density at radius 3 is 2.62 bits per heavy atom. The fourth-order valence-corrected chi connectivity index (χ4v) is 6.42. The fourth-order valence-electron chi connectivity index (χ4n) is 5.25. The molecule has 4 aromatic rings. The van der Waals surface area contributed by atoms with Crippen molar-refractivity contribution < 1.29 is 19.0 Å². The van der Waals surface area contributed by atoms with Gasteiger partial charge in [-0.1, -0.05) is 29.0 Å². The lowest BCUT2D eigenvalue weighted by atomic mass is 9.95. The first kappa shape index (κ1) is 26.2. The van der Waals surface area contributed by atoms with Gasteiger partial charge in [0.05, 0.1) is 28.5 Å². The normalized spacial score (nSPS) is 16.2. The number of carbonyl (C=O) groups is 1. The molecule has 40 heavy (non-hydrogen) atoms. The molecule has 6 rings (SSSR count). The molecule has 4 heterocycles. The summed E-state index contributed by atoms with van der Waals surface area (Å²) in [5, 5.41) is 0.669. The molecule has 0 bridgehead atoms. The van der Waals surface area contributed by atoms with E-state index in [1.807, 2.05) is 62.4 Å². The molecule has 2 aromatic heterocycles. The van der Waals surface area contributed by atoms with E-state index in [0.717, 1.165) is 22.6 Å². The third-order valence-corrected chi connectivity index (χ3v) is 8.31. The maximum atomic E-state index is 14.0. The zero-order valence-electron chi connectivity index (χ0n) is 22.4. The molecule has 0 fully saturated rings. The molecule has 2 aromatic carbocycles. The minimum absolute atomic E-state index is 0.121. The number of allylic oxidation sites excluding steroid dienone is 1. The van der Waals surface area contributed by atoms with Crippen molar-refractivity contribution in [3.63, 3.8) is 0 Å². The number of hydrogen-bond acceptors (Lipinski definition) is 7. The van der Waals surface area contributed by atoms with Crippen LogP contribution < -0.4 is 24.4 Å². The Bertz CT molecular complexity index is 1880. The molecule has 0 saturated carbocycles. The highest BCUT2D eigenvalue weighted by Crippen LogP contribution is 2.38. The first-order valence-corrected chi connectivity index (χ1v) is 14.0. The number of aromatic nitrogens is 2. The summed E-state index contributed by atoms with van der Waals surface area (Å²) in [5.41, 5.74) is 5.21. The molecule has 8 nitrogen and oxygen atoms in total. The van der Waals surface area contributed by atoms with Crippen LogP contribution in [0.1, 0.15) is 42.4 Å². The van der Waals surface area contributed by atoms with E-state index in [1.165, 1.54) is 11.3 Å². The minimum atomic E-state index is -0.728. The highest BCUT2D eigenvalue weighted by molar-refractivity contribution is 7.07. The van der Waals surface area contributed by atoms with Gasteiger partial charge in [0.25, 0.3) is 5.56 Å². The minimum Gasteiger partial charge on any atom is -0.463 e. The monoisotopic (exact) mass is 575 g/mol. The average Bonchev–Trinajstić information content (AvgIpc) is 3.59. The van der Waals surface area contributed by atoms with Gasteiger partial charge in [-0.3, -0.25) is 9.36 Å². The van der Waals surface area contributed by atoms with Crippen molar-refractivity contribution in [2.24, 2.45) is 4.99 Å². The van der Waals surface area contributed by atoms with Crippen molar-refractivity contribution in [2.45, 2.75) is 33.7 Å². The second-order valence-electron chi connectivity index (χ2n) is 9.55. The molecular formula is C30H26ClN3O5S. The molecule has 0 spiro atoms. The van der Waals surface area contributed by atoms with Gasteiger partial charge in [-0.05, 0) is 87.4 Å². The van der Waals surface area contributed by atoms with E-state index in [4.69, 9.17) is 25.8 Å². The van der Waals surface area contributed by atoms with Crippen LogP contribution in [0.3, 0.4) is 0 Å². The van der Waals surface area contributed by atoms with Crippen molar-refractivity contribution in [2.75, 3.05) is 13.4 Å². The Hall–Kier alpha value is -4.08. The predicted molar refractivity (Wildman–Crippen MR) is 153 cm³/mol. The van der Waals surface area contributed by atoms with Crippen molar-refractivity contribution in [3.05, 3.63) is 107 Å². The van der Waals surface area contributed by atoms with Crippen molar-refractivity contribution in [3.8, 4) is 17.2 Å². The molecule has 2 aliphatic heterocycles. The summed E-state index contributed by atoms with van der Waals surface area (Å²) >= 11 is 7.39. The highest BCUT2D eigenvalue weighted by atomic mass is 35.5. The topological polar surface area (TPSA) is 84.1 Å². The molecule has 2 aliphatic rings. The predicted octanol–water partition coefficient (Wildman–Crippen LogP) is 4.59. The summed E-state index contributed by atoms with van der Waals surface area (Å²) in [6.07, 6.45) is 1.89. The summed E-state index contributed by atoms with van der Waals surface area (Å²) in [4.78, 5) is 32.3. The Morgan fingerprint density at radius 2 is 1.88 bits per heavy atom. The van der Waals surface area contributed by atoms with Crippen LogP contribution in [0.2, 0.25) is 5.02 Å². The van der Waals surface area contributed by atoms with Gasteiger partial charge < -0.3 is 18.8 Å². The third-order valence-electron chi connectivity index (χ3n) is 7.07. The van der Waals surface area contributed by atoms with Gasteiger partial charge in [-0.25, -0.2) is 9.79 Å². The van der Waals surface area contributed by atoms with Crippen molar-refractivity contribution in [1.82, 2.24) is 9.13 Å². The molecule has 0 amide bonds. The number of halogens is 1. The van der Waals surface area contributed by atoms with Gasteiger partial charge in [-0.2, -0.15) is 0 Å². The number of fused-ring (bicyclic) bond motifs is 2. The maximum absolute atomic E-state index is 14.0. The highest BCUT2D eigenvalue weighted by Gasteiger charge is 2.34. The van der Waals surface area contributed by atoms with Gasteiger partial charge >= 0.3 is 5.97 Å². The van der Waals surface area contributed by atoms with Gasteiger partial charge in [0.1, 0.15) is 0 Å². The van der Waals surface area contributed by atoms with Crippen LogP contribution >= 0.6 is 22.9 Å². The van der Waals surface area contributed by atoms with Gasteiger partial charge in [-0.15, -0.1) is 0 Å². The van der Waals surface area contributed by atoms with Crippen LogP contribution in [-0.4, -0.2) is 28.5 Å². The number of nitrogens with zero attached hydrogens (tertiary/aromatic N) is 3. The number of ether oxygens (including phenoxy) is 3. The Kier molecular flexibility index (Phi) is 6.64. The van der Waals surface area contributed by atoms with Crippen LogP contribution in [0.15, 0.2) is 69.6 Å². The summed E-state index contributed by atoms with van der Waals surface area (Å²) in [5.74, 6) is 0.671. The zero-order valence-corrected chi connectivity index (χ0v) is 23.9. The molecule has 204 valence electrons. The van der Waals surface area contributed by atoms with E-state index < -0.39 is 12.0 Å². The summed E-state index contributed by atoms with van der Waals surface area (Å²) in [6.45, 7) is 7.88. The largest absolute Gasteiger partial charge is 0.463 e. The lowest BCUT2D eigenvalue weighted by molar-refractivity contribution is -0.139. The van der Waals surface area contributed by atoms with E-state index in [1.54, 1.807) is 24.5 Å². The first-order valence-electron chi connectivity index (χ1n) is 12.8. The van der Waals surface area contributed by atoms with Crippen LogP contribution in [0.5, 0.6) is 11.5 Å². The molecule has 0 radical (unpaired) electrons. The number of thiazole rings is 1. The number of carbonyl (C=O) groups excluding carboxylic acids is 1. The van der Waals surface area contributed by atoms with E-state index in [-0.39, 0.29) is 19.0 Å². The van der Waals surface area contributed by atoms with Gasteiger partial charge in [0.15, 0.2) is 16.3 Å². The van der Waals surface area contributed by atoms with E-state index >= 15 is 0 Å². The van der Waals surface area contributed by atoms with Crippen LogP contribution in [0.4, 0.5) is 0 Å². The smallest absolute Gasteiger partial charge is 0.338 e. The first-order chi connectivity index (χ1) is 19.3. The molecule has 0 saturated heterocycles. The summed E-state index contributed by atoms with van der Waals surface area (Å²) in [6, 6.07) is 14.4. The van der Waals surface area contributed by atoms with E-state index in [2.05, 4.69) is 9.56 Å². The summed E-state index contributed by atoms with van der Waals surface area (Å²) < 4.78 is 20.7. The second-order valence-corrected chi connectivity index (χ2v) is 11.0. The lowest BCUT2D eigenvalue weighted by Crippen LogP contribution is -2.39. The zero-order chi connectivity index (χ0) is 28.1. The molecule has 1 atom stereocenters. The Labute approximate surface area is 239 Å². The SMILES string of the molecule is CCOC(=O)C1=C(C)N=c2sc(=Cc3cc(C)n(-c4ccc(Cl)cc4)c3C)c(=O)n2C1c1ccc2c(c1)OCO2. The van der Waals surface area contributed by atoms with Crippen molar-refractivity contribution >= 4 is 35.0 Å². The fraction of sp³-hybridized carbons (Fsp3) is 0.233. The Morgan fingerprint density at radius 1 is 1.12 bits per heavy atom. The van der Waals surface area contributed by atoms with Crippen LogP contribution in [0.25, 0.3) is 11.8 Å². The standard InChI is InChI=1S/C30H26ClN3O5S/c1-5-37-29(36)26-17(3)32-30-34(27(26)19-6-11-23-24(13-19)39-15-38-23)28(35)25(40-30)14-20-12-16(2)33(18(20)4)22-9-7-21(31)8-10-22/h6-14,27H,5,15H2,1-4H3. The molecule has 1 unspecified atom stereocenters. The number of rotatable bonds is 5. The van der Waals surface area contributed by atoms with Crippen LogP contribution in [-0.2, 0) is 9.53 Å². The van der Waals surface area contributed by atoms with E-state index in [9.17, 15) is 9.59 Å². The summed E-state index contributed by atoms with van der Waals surface area (Å²) in [7, 11) is 0. The van der Waals surface area contributed by atoms with Gasteiger partial charge in [0, 0.05) is 22.1 Å². The number of esters is 1. The Balaban J connectivity index is 1.52. The van der Waals surface area contributed by atoms with E-state index in [0.29, 0.717) is 42.7 Å². The molecular weight excluding hydrogens is 550 g/mol. The van der Waals surface area contributed by atoms with Crippen LogP contribution in [0, 0.1) is 13.8 Å². The number of hydrogen-bond donors (Lipinski definition) is 0. The quantitative estimate of drug-likeness (QED) is 0.325. The number of aryl methyl sites for hydroxylation is 1. The maximum Gasteiger partial charge on any atom is 0.338 e. The second kappa shape index (κ2) is 10.1. The molecule has 10 heteroatoms. The molecule has 0 N–H and O–H groups in total. The molecule has 0 aliphatic carbocycles. The lowest BCUT2D eigenvalue weighted by Gasteiger charge is -2.24. The number of benzene rings is 2. The average molecular weight is 576 g/mol.